The molecule has 1 aromatic carbocycles. The summed E-state index contributed by atoms with van der Waals surface area (Å²) in [6.07, 6.45) is 3.44. The Morgan fingerprint density at radius 2 is 1.90 bits per heavy atom. The first-order chi connectivity index (χ1) is 14.4. The van der Waals surface area contributed by atoms with Gasteiger partial charge in [-0.1, -0.05) is 41.9 Å². The smallest absolute Gasteiger partial charge is 0.303 e. The number of aliphatic hydroxyl groups is 1. The Labute approximate surface area is 189 Å². The first-order valence-corrected chi connectivity index (χ1v) is 10.8. The zero-order valence-electron chi connectivity index (χ0n) is 16.5. The fraction of sp³-hybridized carbons (Fsp3) is 0.286. The van der Waals surface area contributed by atoms with Gasteiger partial charge in [-0.15, -0.1) is 0 Å². The van der Waals surface area contributed by atoms with Crippen LogP contribution in [0.5, 0.6) is 0 Å². The van der Waals surface area contributed by atoms with Gasteiger partial charge in [0.1, 0.15) is 17.5 Å². The quantitative estimate of drug-likeness (QED) is 0.474. The lowest BCUT2D eigenvalue weighted by atomic mass is 10.1. The second-order valence-electron chi connectivity index (χ2n) is 6.73. The lowest BCUT2D eigenvalue weighted by Crippen LogP contribution is -2.10. The third kappa shape index (κ3) is 5.76. The van der Waals surface area contributed by atoms with E-state index in [2.05, 4.69) is 4.98 Å². The molecule has 1 unspecified atom stereocenters. The van der Waals surface area contributed by atoms with Gasteiger partial charge in [0.2, 0.25) is 0 Å². The summed E-state index contributed by atoms with van der Waals surface area (Å²) in [7, 11) is 0. The van der Waals surface area contributed by atoms with Gasteiger partial charge in [-0.3, -0.25) is 9.78 Å². The molecule has 1 N–H and O–H groups in total. The summed E-state index contributed by atoms with van der Waals surface area (Å²) in [4.78, 5) is 21.0. The number of pyridine rings is 1. The van der Waals surface area contributed by atoms with Crippen molar-refractivity contribution < 1.29 is 14.6 Å². The number of carbonyl (C=O) groups excluding carboxylic acids is 1. The number of ether oxygens (including phenoxy) is 1. The highest BCUT2D eigenvalue weighted by Gasteiger charge is 2.23. The average molecular weight is 466 g/mol. The first kappa shape index (κ1) is 22.6. The number of aliphatic hydroxyl groups excluding tert-OH is 1. The van der Waals surface area contributed by atoms with E-state index < -0.39 is 0 Å². The maximum absolute atomic E-state index is 11.4. The molecule has 0 bridgehead atoms. The number of halogens is 2. The number of carbonyl (C=O) groups is 1. The molecule has 0 aliphatic heterocycles. The highest BCUT2D eigenvalue weighted by atomic mass is 35.5. The van der Waals surface area contributed by atoms with E-state index >= 15 is 0 Å². The van der Waals surface area contributed by atoms with Crippen LogP contribution in [0.15, 0.2) is 52.6 Å². The molecular formula is C21H21Cl2N3O3S. The predicted molar refractivity (Wildman–Crippen MR) is 117 cm³/mol. The van der Waals surface area contributed by atoms with Crippen molar-refractivity contribution >= 4 is 40.9 Å². The summed E-state index contributed by atoms with van der Waals surface area (Å²) in [6.45, 7) is 3.72. The minimum Gasteiger partial charge on any atom is -0.458 e. The monoisotopic (exact) mass is 465 g/mol. The van der Waals surface area contributed by atoms with Crippen molar-refractivity contribution in [2.24, 2.45) is 0 Å². The number of benzene rings is 1. The second-order valence-corrected chi connectivity index (χ2v) is 8.67. The molecule has 0 radical (unpaired) electrons. The first-order valence-electron chi connectivity index (χ1n) is 9.23. The molecule has 0 aliphatic rings. The second kappa shape index (κ2) is 10.3. The Balaban J connectivity index is 2.10. The molecule has 0 saturated heterocycles. The highest BCUT2D eigenvalue weighted by molar-refractivity contribution is 7.99. The largest absolute Gasteiger partial charge is 0.458 e. The Morgan fingerprint density at radius 1 is 1.23 bits per heavy atom. The lowest BCUT2D eigenvalue weighted by molar-refractivity contribution is -0.142. The number of imidazole rings is 1. The Morgan fingerprint density at radius 3 is 2.50 bits per heavy atom. The van der Waals surface area contributed by atoms with E-state index in [1.165, 1.54) is 18.7 Å². The van der Waals surface area contributed by atoms with Crippen molar-refractivity contribution in [1.82, 2.24) is 14.5 Å². The molecular weight excluding hydrogens is 445 g/mol. The van der Waals surface area contributed by atoms with Crippen molar-refractivity contribution in [1.29, 1.82) is 0 Å². The lowest BCUT2D eigenvalue weighted by Gasteiger charge is -2.14. The number of aromatic nitrogens is 3. The summed E-state index contributed by atoms with van der Waals surface area (Å²) >= 11 is 13.8. The minimum atomic E-state index is -0.388. The molecule has 0 amide bonds. The molecule has 1 atom stereocenters. The molecule has 0 spiro atoms. The third-order valence-electron chi connectivity index (χ3n) is 4.31. The molecule has 3 rings (SSSR count). The van der Waals surface area contributed by atoms with Crippen LogP contribution in [0.3, 0.4) is 0 Å². The van der Waals surface area contributed by atoms with Crippen LogP contribution in [-0.2, 0) is 22.7 Å². The molecule has 9 heteroatoms. The average Bonchev–Trinajstić information content (AvgIpc) is 3.03. The fourth-order valence-electron chi connectivity index (χ4n) is 2.83. The maximum atomic E-state index is 11.4. The van der Waals surface area contributed by atoms with Crippen molar-refractivity contribution in [2.45, 2.75) is 42.8 Å². The number of esters is 1. The minimum absolute atomic E-state index is 0.0302. The highest BCUT2D eigenvalue weighted by Crippen LogP contribution is 2.37. The van der Waals surface area contributed by atoms with Crippen LogP contribution in [0.1, 0.15) is 36.8 Å². The van der Waals surface area contributed by atoms with E-state index in [9.17, 15) is 9.90 Å². The van der Waals surface area contributed by atoms with E-state index in [-0.39, 0.29) is 25.1 Å². The molecule has 0 saturated carbocycles. The van der Waals surface area contributed by atoms with Gasteiger partial charge >= 0.3 is 5.97 Å². The van der Waals surface area contributed by atoms with Crippen LogP contribution >= 0.6 is 35.0 Å². The Hall–Kier alpha value is -2.06. The summed E-state index contributed by atoms with van der Waals surface area (Å²) in [5.41, 5.74) is 1.73. The molecule has 158 valence electrons. The zero-order chi connectivity index (χ0) is 21.7. The molecule has 30 heavy (non-hydrogen) atoms. The molecule has 2 aromatic heterocycles. The number of rotatable bonds is 8. The van der Waals surface area contributed by atoms with Gasteiger partial charge in [0.05, 0.1) is 18.8 Å². The maximum Gasteiger partial charge on any atom is 0.303 e. The molecule has 2 heterocycles. The van der Waals surface area contributed by atoms with E-state index in [0.717, 1.165) is 21.2 Å². The normalized spacial score (nSPS) is 12.0. The van der Waals surface area contributed by atoms with Gasteiger partial charge in [-0.05, 0) is 35.9 Å². The van der Waals surface area contributed by atoms with Crippen molar-refractivity contribution in [2.75, 3.05) is 6.61 Å². The predicted octanol–water partition coefficient (Wildman–Crippen LogP) is 4.94. The standard InChI is InChI=1S/C21H21Cl2N3O3S/c1-13(11-27)20-21(30-18-8-16(22)7-17(23)9-18)26(10-15-3-5-24-6-4-15)19(25-20)12-29-14(2)28/h3-9,13,27H,10-12H2,1-2H3. The fourth-order valence-corrected chi connectivity index (χ4v) is 4.71. The molecule has 3 aromatic rings. The van der Waals surface area contributed by atoms with Crippen LogP contribution in [0.4, 0.5) is 0 Å². The van der Waals surface area contributed by atoms with E-state index in [4.69, 9.17) is 32.9 Å². The summed E-state index contributed by atoms with van der Waals surface area (Å²) in [5, 5.41) is 11.7. The molecule has 6 nitrogen and oxygen atoms in total. The topological polar surface area (TPSA) is 77.2 Å². The van der Waals surface area contributed by atoms with Crippen LogP contribution in [0.2, 0.25) is 10.0 Å². The van der Waals surface area contributed by atoms with Crippen LogP contribution in [0, 0.1) is 0 Å². The number of hydrogen-bond acceptors (Lipinski definition) is 6. The van der Waals surface area contributed by atoms with Gasteiger partial charge in [0.25, 0.3) is 0 Å². The van der Waals surface area contributed by atoms with E-state index in [1.54, 1.807) is 18.5 Å². The summed E-state index contributed by atoms with van der Waals surface area (Å²) in [6, 6.07) is 9.14. The van der Waals surface area contributed by atoms with Crippen molar-refractivity contribution in [3.05, 3.63) is 69.9 Å². The molecule has 0 aliphatic carbocycles. The van der Waals surface area contributed by atoms with Crippen LogP contribution < -0.4 is 0 Å². The van der Waals surface area contributed by atoms with Crippen LogP contribution in [0.25, 0.3) is 0 Å². The number of nitrogens with zero attached hydrogens (tertiary/aromatic N) is 3. The van der Waals surface area contributed by atoms with Gasteiger partial charge in [-0.2, -0.15) is 0 Å². The van der Waals surface area contributed by atoms with Crippen LogP contribution in [-0.4, -0.2) is 32.2 Å². The van der Waals surface area contributed by atoms with Gasteiger partial charge < -0.3 is 14.4 Å². The van der Waals surface area contributed by atoms with E-state index in [0.29, 0.717) is 22.4 Å². The molecule has 0 fully saturated rings. The summed E-state index contributed by atoms with van der Waals surface area (Å²) in [5.74, 6) is -0.00842. The number of hydrogen-bond donors (Lipinski definition) is 1. The summed E-state index contributed by atoms with van der Waals surface area (Å²) < 4.78 is 7.21. The zero-order valence-corrected chi connectivity index (χ0v) is 18.8. The van der Waals surface area contributed by atoms with Crippen molar-refractivity contribution in [3.8, 4) is 0 Å². The Bertz CT molecular complexity index is 1010. The van der Waals surface area contributed by atoms with Gasteiger partial charge in [0, 0.05) is 40.2 Å². The van der Waals surface area contributed by atoms with E-state index in [1.807, 2.05) is 35.8 Å². The SMILES string of the molecule is CC(=O)OCc1nc(C(C)CO)c(Sc2cc(Cl)cc(Cl)c2)n1Cc1ccncc1. The Kier molecular flexibility index (Phi) is 7.77. The van der Waals surface area contributed by atoms with Gasteiger partial charge in [-0.25, -0.2) is 4.98 Å². The van der Waals surface area contributed by atoms with Gasteiger partial charge in [0.15, 0.2) is 0 Å². The van der Waals surface area contributed by atoms with Crippen molar-refractivity contribution in [3.63, 3.8) is 0 Å². The third-order valence-corrected chi connectivity index (χ3v) is 5.84.